The molecule has 5 nitrogen and oxygen atoms in total. The van der Waals surface area contributed by atoms with Crippen LogP contribution in [0, 0.1) is 5.82 Å². The summed E-state index contributed by atoms with van der Waals surface area (Å²) in [4.78, 5) is 38.1. The summed E-state index contributed by atoms with van der Waals surface area (Å²) in [6, 6.07) is 18.6. The van der Waals surface area contributed by atoms with Gasteiger partial charge in [-0.1, -0.05) is 36.4 Å². The summed E-state index contributed by atoms with van der Waals surface area (Å²) in [5.41, 5.74) is 4.07. The van der Waals surface area contributed by atoms with Crippen LogP contribution in [0.15, 0.2) is 79.0 Å². The molecule has 170 valence electrons. The smallest absolute Gasteiger partial charge is 0.330 e. The quantitative estimate of drug-likeness (QED) is 0.277. The molecular weight excluding hydrogens is 433 g/mol. The molecule has 0 spiro atoms. The molecule has 1 aliphatic rings. The third kappa shape index (κ3) is 5.18. The summed E-state index contributed by atoms with van der Waals surface area (Å²) in [5.74, 6) is -1.50. The first-order chi connectivity index (χ1) is 16.4. The number of hydrogen-bond acceptors (Lipinski definition) is 4. The lowest BCUT2D eigenvalue weighted by molar-refractivity contribution is -0.137. The molecule has 0 N–H and O–H groups in total. The SMILES string of the molecule is CCOC(=O)/C=C/c1cc(/C=C/N2C(=O)c3ccccc3C2=O)cc(Cc2ccc(F)cc2)c1. The third-order valence-electron chi connectivity index (χ3n) is 5.30. The average Bonchev–Trinajstić information content (AvgIpc) is 3.08. The van der Waals surface area contributed by atoms with E-state index in [1.165, 1.54) is 24.4 Å². The summed E-state index contributed by atoms with van der Waals surface area (Å²) in [7, 11) is 0. The van der Waals surface area contributed by atoms with Gasteiger partial charge in [0.15, 0.2) is 0 Å². The van der Waals surface area contributed by atoms with Crippen LogP contribution in [0.2, 0.25) is 0 Å². The number of nitrogens with zero attached hydrogens (tertiary/aromatic N) is 1. The van der Waals surface area contributed by atoms with Gasteiger partial charge in [0.25, 0.3) is 11.8 Å². The number of rotatable bonds is 7. The van der Waals surface area contributed by atoms with Gasteiger partial charge in [0.1, 0.15) is 5.82 Å². The van der Waals surface area contributed by atoms with Crippen LogP contribution in [0.3, 0.4) is 0 Å². The van der Waals surface area contributed by atoms with E-state index in [-0.39, 0.29) is 24.2 Å². The van der Waals surface area contributed by atoms with Crippen LogP contribution in [-0.4, -0.2) is 29.3 Å². The molecule has 0 radical (unpaired) electrons. The van der Waals surface area contributed by atoms with Crippen molar-refractivity contribution in [1.82, 2.24) is 4.90 Å². The van der Waals surface area contributed by atoms with Gasteiger partial charge in [-0.05, 0) is 78.1 Å². The molecule has 0 saturated carbocycles. The van der Waals surface area contributed by atoms with Crippen molar-refractivity contribution >= 4 is 29.9 Å². The third-order valence-corrected chi connectivity index (χ3v) is 5.30. The molecule has 0 aromatic heterocycles. The first kappa shape index (κ1) is 22.9. The Labute approximate surface area is 196 Å². The fourth-order valence-electron chi connectivity index (χ4n) is 3.74. The van der Waals surface area contributed by atoms with Gasteiger partial charge in [-0.2, -0.15) is 0 Å². The Bertz CT molecular complexity index is 1270. The predicted molar refractivity (Wildman–Crippen MR) is 127 cm³/mol. The highest BCUT2D eigenvalue weighted by Gasteiger charge is 2.33. The number of hydrogen-bond donors (Lipinski definition) is 0. The minimum absolute atomic E-state index is 0.280. The van der Waals surface area contributed by atoms with Crippen molar-refractivity contribution in [3.63, 3.8) is 0 Å². The normalized spacial score (nSPS) is 13.2. The Balaban J connectivity index is 1.63. The number of esters is 1. The number of carbonyl (C=O) groups excluding carboxylic acids is 3. The zero-order valence-electron chi connectivity index (χ0n) is 18.5. The molecule has 0 unspecified atom stereocenters. The summed E-state index contributed by atoms with van der Waals surface area (Å²) in [6.07, 6.45) is 6.66. The van der Waals surface area contributed by atoms with Crippen molar-refractivity contribution in [2.75, 3.05) is 6.61 Å². The van der Waals surface area contributed by atoms with Crippen LogP contribution in [0.4, 0.5) is 4.39 Å². The fraction of sp³-hybridized carbons (Fsp3) is 0.107. The van der Waals surface area contributed by atoms with E-state index in [1.54, 1.807) is 55.5 Å². The van der Waals surface area contributed by atoms with Crippen molar-refractivity contribution in [2.45, 2.75) is 13.3 Å². The Morgan fingerprint density at radius 1 is 0.882 bits per heavy atom. The molecule has 3 aromatic rings. The molecule has 34 heavy (non-hydrogen) atoms. The van der Waals surface area contributed by atoms with Gasteiger partial charge >= 0.3 is 5.97 Å². The van der Waals surface area contributed by atoms with Crippen molar-refractivity contribution in [2.24, 2.45) is 0 Å². The van der Waals surface area contributed by atoms with Crippen molar-refractivity contribution in [3.8, 4) is 0 Å². The van der Waals surface area contributed by atoms with E-state index < -0.39 is 5.97 Å². The molecule has 1 aliphatic heterocycles. The van der Waals surface area contributed by atoms with Crippen molar-refractivity contribution < 1.29 is 23.5 Å². The number of halogens is 1. The number of fused-ring (bicyclic) bond motifs is 1. The molecule has 3 aromatic carbocycles. The van der Waals surface area contributed by atoms with E-state index in [9.17, 15) is 18.8 Å². The number of ether oxygens (including phenoxy) is 1. The van der Waals surface area contributed by atoms with Gasteiger partial charge in [-0.3, -0.25) is 9.59 Å². The van der Waals surface area contributed by atoms with Crippen LogP contribution in [0.5, 0.6) is 0 Å². The van der Waals surface area contributed by atoms with Crippen molar-refractivity contribution in [1.29, 1.82) is 0 Å². The fourth-order valence-corrected chi connectivity index (χ4v) is 3.74. The first-order valence-electron chi connectivity index (χ1n) is 10.8. The zero-order chi connectivity index (χ0) is 24.1. The number of amides is 2. The van der Waals surface area contributed by atoms with Crippen molar-refractivity contribution in [3.05, 3.63) is 118 Å². The lowest BCUT2D eigenvalue weighted by Crippen LogP contribution is -2.23. The minimum Gasteiger partial charge on any atom is -0.463 e. The predicted octanol–water partition coefficient (Wildman–Crippen LogP) is 5.26. The summed E-state index contributed by atoms with van der Waals surface area (Å²) in [5, 5.41) is 0. The molecule has 6 heteroatoms. The second-order valence-corrected chi connectivity index (χ2v) is 7.74. The summed E-state index contributed by atoms with van der Waals surface area (Å²) < 4.78 is 18.2. The van der Waals surface area contributed by atoms with E-state index in [0.717, 1.165) is 27.2 Å². The van der Waals surface area contributed by atoms with Gasteiger partial charge < -0.3 is 4.74 Å². The molecule has 1 heterocycles. The molecule has 0 saturated heterocycles. The van der Waals surface area contributed by atoms with E-state index >= 15 is 0 Å². The lowest BCUT2D eigenvalue weighted by atomic mass is 9.99. The monoisotopic (exact) mass is 455 g/mol. The Hall–Kier alpha value is -4.32. The number of imide groups is 1. The number of benzene rings is 3. The maximum absolute atomic E-state index is 13.3. The average molecular weight is 455 g/mol. The van der Waals surface area contributed by atoms with Gasteiger partial charge in [0.05, 0.1) is 17.7 Å². The number of carbonyl (C=O) groups is 3. The van der Waals surface area contributed by atoms with Crippen LogP contribution >= 0.6 is 0 Å². The first-order valence-corrected chi connectivity index (χ1v) is 10.8. The van der Waals surface area contributed by atoms with Crippen LogP contribution in [0.1, 0.15) is 49.9 Å². The summed E-state index contributed by atoms with van der Waals surface area (Å²) in [6.45, 7) is 2.01. The van der Waals surface area contributed by atoms with Gasteiger partial charge in [-0.15, -0.1) is 0 Å². The lowest BCUT2D eigenvalue weighted by Gasteiger charge is -2.09. The van der Waals surface area contributed by atoms with E-state index in [2.05, 4.69) is 0 Å². The molecule has 0 fully saturated rings. The van der Waals surface area contributed by atoms with E-state index in [0.29, 0.717) is 17.5 Å². The molecule has 2 amide bonds. The highest BCUT2D eigenvalue weighted by Crippen LogP contribution is 2.24. The molecule has 0 atom stereocenters. The van der Waals surface area contributed by atoms with Crippen LogP contribution in [-0.2, 0) is 16.0 Å². The minimum atomic E-state index is -0.449. The van der Waals surface area contributed by atoms with Gasteiger partial charge in [0.2, 0.25) is 0 Å². The molecular formula is C28H22FNO4. The highest BCUT2D eigenvalue weighted by atomic mass is 19.1. The standard InChI is InChI=1S/C28H22FNO4/c1-2-34-26(31)12-9-20-16-21(18-22(17-20)15-19-7-10-23(29)11-8-19)13-14-30-27(32)24-5-3-4-6-25(24)28(30)33/h3-14,16-18H,2,15H2,1H3/b12-9+,14-13+. The highest BCUT2D eigenvalue weighted by molar-refractivity contribution is 6.22. The Morgan fingerprint density at radius 3 is 2.12 bits per heavy atom. The van der Waals surface area contributed by atoms with Gasteiger partial charge in [0, 0.05) is 12.3 Å². The van der Waals surface area contributed by atoms with E-state index in [1.807, 2.05) is 18.2 Å². The van der Waals surface area contributed by atoms with Crippen LogP contribution < -0.4 is 0 Å². The maximum atomic E-state index is 13.3. The second kappa shape index (κ2) is 10.1. The molecule has 0 bridgehead atoms. The van der Waals surface area contributed by atoms with Crippen LogP contribution in [0.25, 0.3) is 12.2 Å². The Morgan fingerprint density at radius 2 is 1.50 bits per heavy atom. The Kier molecular flexibility index (Phi) is 6.78. The second-order valence-electron chi connectivity index (χ2n) is 7.74. The topological polar surface area (TPSA) is 63.7 Å². The maximum Gasteiger partial charge on any atom is 0.330 e. The van der Waals surface area contributed by atoms with Gasteiger partial charge in [-0.25, -0.2) is 14.1 Å². The molecule has 0 aliphatic carbocycles. The summed E-state index contributed by atoms with van der Waals surface area (Å²) >= 11 is 0. The zero-order valence-corrected chi connectivity index (χ0v) is 18.5. The molecule has 4 rings (SSSR count). The van der Waals surface area contributed by atoms with E-state index in [4.69, 9.17) is 4.74 Å². The largest absolute Gasteiger partial charge is 0.463 e.